The van der Waals surface area contributed by atoms with E-state index in [4.69, 9.17) is 0 Å². The maximum atomic E-state index is 9.51. The average Bonchev–Trinajstić information content (AvgIpc) is 2.33. The van der Waals surface area contributed by atoms with E-state index in [0.717, 1.165) is 13.1 Å². The van der Waals surface area contributed by atoms with Crippen LogP contribution in [0.15, 0.2) is 18.2 Å². The van der Waals surface area contributed by atoms with Crippen molar-refractivity contribution < 1.29 is 5.11 Å². The van der Waals surface area contributed by atoms with Gasteiger partial charge in [-0.2, -0.15) is 0 Å². The summed E-state index contributed by atoms with van der Waals surface area (Å²) in [6.45, 7) is 8.71. The van der Waals surface area contributed by atoms with Gasteiger partial charge in [0.05, 0.1) is 12.6 Å². The van der Waals surface area contributed by atoms with Gasteiger partial charge in [-0.25, -0.2) is 0 Å². The summed E-state index contributed by atoms with van der Waals surface area (Å²) in [5, 5.41) is 9.51. The molecule has 1 aliphatic heterocycles. The molecule has 1 N–H and O–H groups in total. The van der Waals surface area contributed by atoms with Crippen LogP contribution < -0.4 is 4.90 Å². The molecule has 2 unspecified atom stereocenters. The Morgan fingerprint density at radius 1 is 1.22 bits per heavy atom. The van der Waals surface area contributed by atoms with Crippen LogP contribution >= 0.6 is 0 Å². The first kappa shape index (κ1) is 13.4. The molecule has 0 amide bonds. The minimum absolute atomic E-state index is 0.224. The second-order valence-corrected chi connectivity index (χ2v) is 5.50. The third-order valence-corrected chi connectivity index (χ3v) is 4.15. The fourth-order valence-electron chi connectivity index (χ4n) is 2.94. The highest BCUT2D eigenvalue weighted by atomic mass is 16.3. The zero-order valence-electron chi connectivity index (χ0n) is 11.8. The maximum Gasteiger partial charge on any atom is 0.0604 e. The van der Waals surface area contributed by atoms with Crippen molar-refractivity contribution in [3.05, 3.63) is 29.3 Å². The molecule has 0 spiro atoms. The van der Waals surface area contributed by atoms with Crippen LogP contribution in [0.1, 0.15) is 18.1 Å². The second-order valence-electron chi connectivity index (χ2n) is 5.50. The molecule has 3 heteroatoms. The number of rotatable bonds is 2. The van der Waals surface area contributed by atoms with E-state index in [-0.39, 0.29) is 12.6 Å². The number of likely N-dealkylation sites (N-methyl/N-ethyl adjacent to an activating group) is 1. The first-order chi connectivity index (χ1) is 8.54. The molecule has 3 nitrogen and oxygen atoms in total. The topological polar surface area (TPSA) is 26.7 Å². The largest absolute Gasteiger partial charge is 0.395 e. The van der Waals surface area contributed by atoms with E-state index in [1.54, 1.807) is 0 Å². The number of aliphatic hydroxyl groups is 1. The lowest BCUT2D eigenvalue weighted by Crippen LogP contribution is -2.57. The minimum Gasteiger partial charge on any atom is -0.395 e. The van der Waals surface area contributed by atoms with E-state index in [1.807, 2.05) is 0 Å². The summed E-state index contributed by atoms with van der Waals surface area (Å²) < 4.78 is 0. The van der Waals surface area contributed by atoms with Gasteiger partial charge in [-0.15, -0.1) is 0 Å². The molecule has 2 atom stereocenters. The molecule has 0 bridgehead atoms. The Balaban J connectivity index is 2.29. The zero-order chi connectivity index (χ0) is 13.3. The van der Waals surface area contributed by atoms with Gasteiger partial charge in [0.15, 0.2) is 0 Å². The molecule has 1 aromatic carbocycles. The first-order valence-electron chi connectivity index (χ1n) is 6.68. The lowest BCUT2D eigenvalue weighted by atomic mass is 10.0. The van der Waals surface area contributed by atoms with Gasteiger partial charge in [0, 0.05) is 24.8 Å². The van der Waals surface area contributed by atoms with E-state index in [1.165, 1.54) is 16.8 Å². The highest BCUT2D eigenvalue weighted by Crippen LogP contribution is 2.28. The van der Waals surface area contributed by atoms with Gasteiger partial charge in [0.1, 0.15) is 0 Å². The number of hydrogen-bond donors (Lipinski definition) is 1. The van der Waals surface area contributed by atoms with Crippen molar-refractivity contribution in [2.24, 2.45) is 0 Å². The Bertz CT molecular complexity index is 399. The third-order valence-electron chi connectivity index (χ3n) is 4.15. The van der Waals surface area contributed by atoms with E-state index in [9.17, 15) is 5.11 Å². The zero-order valence-corrected chi connectivity index (χ0v) is 11.8. The molecule has 2 rings (SSSR count). The van der Waals surface area contributed by atoms with Crippen molar-refractivity contribution in [3.8, 4) is 0 Å². The normalized spacial score (nSPS) is 25.5. The Morgan fingerprint density at radius 3 is 2.39 bits per heavy atom. The van der Waals surface area contributed by atoms with Crippen LogP contribution in [-0.2, 0) is 0 Å². The lowest BCUT2D eigenvalue weighted by molar-refractivity contribution is 0.0995. The smallest absolute Gasteiger partial charge is 0.0604 e. The van der Waals surface area contributed by atoms with Crippen LogP contribution in [0.4, 0.5) is 5.69 Å². The Kier molecular flexibility index (Phi) is 3.93. The van der Waals surface area contributed by atoms with Crippen molar-refractivity contribution in [2.45, 2.75) is 32.9 Å². The number of benzene rings is 1. The molecule has 1 aromatic rings. The molecule has 0 aliphatic carbocycles. The molecule has 1 fully saturated rings. The fraction of sp³-hybridized carbons (Fsp3) is 0.600. The molecule has 18 heavy (non-hydrogen) atoms. The third kappa shape index (κ3) is 2.38. The lowest BCUT2D eigenvalue weighted by Gasteiger charge is -2.45. The number of piperazine rings is 1. The van der Waals surface area contributed by atoms with Gasteiger partial charge in [0.2, 0.25) is 0 Å². The molecule has 1 heterocycles. The molecular formula is C15H24N2O. The van der Waals surface area contributed by atoms with E-state index < -0.39 is 0 Å². The molecule has 100 valence electrons. The number of nitrogens with zero attached hydrogens (tertiary/aromatic N) is 2. The molecule has 1 saturated heterocycles. The van der Waals surface area contributed by atoms with Crippen molar-refractivity contribution in [2.75, 3.05) is 31.6 Å². The van der Waals surface area contributed by atoms with Crippen molar-refractivity contribution in [3.63, 3.8) is 0 Å². The summed E-state index contributed by atoms with van der Waals surface area (Å²) in [6.07, 6.45) is 0. The van der Waals surface area contributed by atoms with Gasteiger partial charge >= 0.3 is 0 Å². The van der Waals surface area contributed by atoms with Crippen LogP contribution in [0.2, 0.25) is 0 Å². The standard InChI is InChI=1S/C15H24N2O/c1-11-6-5-7-12(2)15(11)17-8-13(3)16(4)14(9-17)10-18/h5-7,13-14,18H,8-10H2,1-4H3. The monoisotopic (exact) mass is 248 g/mol. The Hall–Kier alpha value is -1.06. The van der Waals surface area contributed by atoms with Crippen LogP contribution in [0.5, 0.6) is 0 Å². The number of para-hydroxylation sites is 1. The predicted octanol–water partition coefficient (Wildman–Crippen LogP) is 1.80. The number of anilines is 1. The Labute approximate surface area is 110 Å². The van der Waals surface area contributed by atoms with Crippen molar-refractivity contribution in [1.29, 1.82) is 0 Å². The summed E-state index contributed by atoms with van der Waals surface area (Å²) >= 11 is 0. The van der Waals surface area contributed by atoms with E-state index in [2.05, 4.69) is 55.8 Å². The summed E-state index contributed by atoms with van der Waals surface area (Å²) in [5.41, 5.74) is 3.99. The van der Waals surface area contributed by atoms with Gasteiger partial charge in [-0.05, 0) is 38.9 Å². The summed E-state index contributed by atoms with van der Waals surface area (Å²) in [4.78, 5) is 4.71. The van der Waals surface area contributed by atoms with Gasteiger partial charge in [0.25, 0.3) is 0 Å². The van der Waals surface area contributed by atoms with Crippen LogP contribution in [-0.4, -0.2) is 48.8 Å². The van der Waals surface area contributed by atoms with E-state index in [0.29, 0.717) is 6.04 Å². The van der Waals surface area contributed by atoms with Crippen molar-refractivity contribution >= 4 is 5.69 Å². The highest BCUT2D eigenvalue weighted by Gasteiger charge is 2.30. The van der Waals surface area contributed by atoms with Gasteiger partial charge < -0.3 is 10.0 Å². The molecule has 0 aromatic heterocycles. The van der Waals surface area contributed by atoms with Crippen LogP contribution in [0, 0.1) is 13.8 Å². The number of hydrogen-bond acceptors (Lipinski definition) is 3. The number of aryl methyl sites for hydroxylation is 2. The molecular weight excluding hydrogens is 224 g/mol. The molecule has 0 saturated carbocycles. The van der Waals surface area contributed by atoms with E-state index >= 15 is 0 Å². The van der Waals surface area contributed by atoms with Gasteiger partial charge in [-0.1, -0.05) is 18.2 Å². The Morgan fingerprint density at radius 2 is 1.83 bits per heavy atom. The summed E-state index contributed by atoms with van der Waals surface area (Å²) in [7, 11) is 2.10. The first-order valence-corrected chi connectivity index (χ1v) is 6.68. The quantitative estimate of drug-likeness (QED) is 0.864. The second kappa shape index (κ2) is 5.29. The highest BCUT2D eigenvalue weighted by molar-refractivity contribution is 5.59. The molecule has 1 aliphatic rings. The van der Waals surface area contributed by atoms with Crippen molar-refractivity contribution in [1.82, 2.24) is 4.90 Å². The van der Waals surface area contributed by atoms with Crippen LogP contribution in [0.3, 0.4) is 0 Å². The predicted molar refractivity (Wildman–Crippen MR) is 76.2 cm³/mol. The van der Waals surface area contributed by atoms with Gasteiger partial charge in [-0.3, -0.25) is 4.90 Å². The number of aliphatic hydroxyl groups excluding tert-OH is 1. The SMILES string of the molecule is Cc1cccc(C)c1N1CC(C)N(C)C(CO)C1. The summed E-state index contributed by atoms with van der Waals surface area (Å²) in [6, 6.07) is 7.14. The van der Waals surface area contributed by atoms with Crippen LogP contribution in [0.25, 0.3) is 0 Å². The average molecular weight is 248 g/mol. The maximum absolute atomic E-state index is 9.51. The summed E-state index contributed by atoms with van der Waals surface area (Å²) in [5.74, 6) is 0. The molecule has 0 radical (unpaired) electrons. The fourth-order valence-corrected chi connectivity index (χ4v) is 2.94. The minimum atomic E-state index is 0.224.